The summed E-state index contributed by atoms with van der Waals surface area (Å²) in [6.45, 7) is 0.732. The smallest absolute Gasteiger partial charge is 0.286 e. The first-order chi connectivity index (χ1) is 17.2. The molecule has 6 nitrogen and oxygen atoms in total. The van der Waals surface area contributed by atoms with Gasteiger partial charge in [0, 0.05) is 29.8 Å². The van der Waals surface area contributed by atoms with Crippen molar-refractivity contribution in [2.24, 2.45) is 0 Å². The summed E-state index contributed by atoms with van der Waals surface area (Å²) < 4.78 is 17.8. The van der Waals surface area contributed by atoms with Gasteiger partial charge in [-0.1, -0.05) is 72.8 Å². The first-order valence-electron chi connectivity index (χ1n) is 11.7. The zero-order valence-electron chi connectivity index (χ0n) is 19.2. The molecule has 0 radical (unpaired) electrons. The first kappa shape index (κ1) is 22.9. The van der Waals surface area contributed by atoms with E-state index in [0.29, 0.717) is 19.6 Å². The second-order valence-electron chi connectivity index (χ2n) is 8.56. The first-order valence-corrected chi connectivity index (χ1v) is 11.7. The van der Waals surface area contributed by atoms with Gasteiger partial charge in [-0.2, -0.15) is 0 Å². The zero-order chi connectivity index (χ0) is 24.0. The van der Waals surface area contributed by atoms with Crippen molar-refractivity contribution >= 4 is 16.9 Å². The number of amides is 1. The maximum absolute atomic E-state index is 13.0. The lowest BCUT2D eigenvalue weighted by Crippen LogP contribution is -2.32. The summed E-state index contributed by atoms with van der Waals surface area (Å²) >= 11 is 0. The van der Waals surface area contributed by atoms with Crippen LogP contribution < -0.4 is 5.32 Å². The number of fused-ring (bicyclic) bond motifs is 1. The molecule has 178 valence electrons. The van der Waals surface area contributed by atoms with Crippen molar-refractivity contribution in [1.29, 1.82) is 0 Å². The van der Waals surface area contributed by atoms with Gasteiger partial charge in [-0.25, -0.2) is 0 Å². The molecule has 5 rings (SSSR count). The third-order valence-corrected chi connectivity index (χ3v) is 6.13. The summed E-state index contributed by atoms with van der Waals surface area (Å²) in [4.78, 5) is 13.0. The van der Waals surface area contributed by atoms with Crippen LogP contribution in [0.4, 0.5) is 0 Å². The molecule has 0 aliphatic carbocycles. The van der Waals surface area contributed by atoms with E-state index in [1.165, 1.54) is 0 Å². The average Bonchev–Trinajstić information content (AvgIpc) is 3.35. The Morgan fingerprint density at radius 2 is 1.69 bits per heavy atom. The van der Waals surface area contributed by atoms with Gasteiger partial charge in [0.1, 0.15) is 5.58 Å². The fourth-order valence-corrected chi connectivity index (χ4v) is 4.22. The number of nitrogens with one attached hydrogen (secondary N) is 1. The monoisotopic (exact) mass is 469 g/mol. The highest BCUT2D eigenvalue weighted by Gasteiger charge is 2.30. The van der Waals surface area contributed by atoms with Crippen LogP contribution in [0.15, 0.2) is 101 Å². The van der Waals surface area contributed by atoms with E-state index >= 15 is 0 Å². The molecule has 2 N–H and O–H groups in total. The normalized spacial score (nSPS) is 17.6. The second-order valence-corrected chi connectivity index (χ2v) is 8.56. The van der Waals surface area contributed by atoms with E-state index in [-0.39, 0.29) is 24.2 Å². The van der Waals surface area contributed by atoms with Crippen molar-refractivity contribution < 1.29 is 23.8 Å². The minimum Gasteiger partial charge on any atom is -0.464 e. The Bertz CT molecular complexity index is 1310. The highest BCUT2D eigenvalue weighted by atomic mass is 16.7. The number of aliphatic hydroxyl groups is 1. The third-order valence-electron chi connectivity index (χ3n) is 6.13. The number of allylic oxidation sites excluding steroid dienone is 1. The fourth-order valence-electron chi connectivity index (χ4n) is 4.22. The highest BCUT2D eigenvalue weighted by Crippen LogP contribution is 2.36. The maximum Gasteiger partial charge on any atom is 0.286 e. The third kappa shape index (κ3) is 5.45. The molecule has 0 spiro atoms. The molecule has 3 aromatic carbocycles. The van der Waals surface area contributed by atoms with E-state index < -0.39 is 6.29 Å². The lowest BCUT2D eigenvalue weighted by atomic mass is 9.92. The van der Waals surface area contributed by atoms with Crippen LogP contribution in [-0.4, -0.2) is 17.3 Å². The molecule has 1 aliphatic rings. The quantitative estimate of drug-likeness (QED) is 0.372. The van der Waals surface area contributed by atoms with Crippen LogP contribution >= 0.6 is 0 Å². The van der Waals surface area contributed by atoms with Crippen LogP contribution in [0.5, 0.6) is 0 Å². The maximum atomic E-state index is 13.0. The molecule has 0 saturated carbocycles. The Kier molecular flexibility index (Phi) is 6.93. The van der Waals surface area contributed by atoms with E-state index in [1.807, 2.05) is 84.9 Å². The van der Waals surface area contributed by atoms with Gasteiger partial charge in [0.05, 0.1) is 19.5 Å². The molecule has 2 atom stereocenters. The molecule has 0 bridgehead atoms. The predicted molar refractivity (Wildman–Crippen MR) is 132 cm³/mol. The van der Waals surface area contributed by atoms with E-state index in [0.717, 1.165) is 33.2 Å². The Hall–Kier alpha value is -3.87. The summed E-state index contributed by atoms with van der Waals surface area (Å²) in [6, 6.07) is 25.2. The molecule has 2 heterocycles. The highest BCUT2D eigenvalue weighted by molar-refractivity contribution is 5.92. The standard InChI is InChI=1S/C29H27NO5/c31-17-21-10-12-22(13-11-21)18-34-28-15-23(25-19-33-26-9-5-4-8-24(25)26)14-27(35-28)29(32)30-16-20-6-2-1-3-7-20/h1-14,19,23,28,31H,15-18H2,(H,30,32). The number of carbonyl (C=O) groups excluding carboxylic acids is 1. The van der Waals surface area contributed by atoms with Crippen LogP contribution in [-0.2, 0) is 34.0 Å². The number of rotatable bonds is 8. The van der Waals surface area contributed by atoms with Crippen LogP contribution in [0.3, 0.4) is 0 Å². The molecular weight excluding hydrogens is 442 g/mol. The second kappa shape index (κ2) is 10.6. The van der Waals surface area contributed by atoms with Crippen LogP contribution in [0.2, 0.25) is 0 Å². The molecule has 4 aromatic rings. The molecule has 2 unspecified atom stereocenters. The van der Waals surface area contributed by atoms with Gasteiger partial charge >= 0.3 is 0 Å². The van der Waals surface area contributed by atoms with Gasteiger partial charge in [0.25, 0.3) is 5.91 Å². The Labute approximate surface area is 203 Å². The molecule has 1 aromatic heterocycles. The Morgan fingerprint density at radius 3 is 2.49 bits per heavy atom. The van der Waals surface area contributed by atoms with Gasteiger partial charge in [0.15, 0.2) is 5.76 Å². The topological polar surface area (TPSA) is 80.9 Å². The van der Waals surface area contributed by atoms with Gasteiger partial charge < -0.3 is 24.3 Å². The minimum atomic E-state index is -0.603. The number of carbonyl (C=O) groups is 1. The summed E-state index contributed by atoms with van der Waals surface area (Å²) in [7, 11) is 0. The van der Waals surface area contributed by atoms with E-state index in [9.17, 15) is 9.90 Å². The van der Waals surface area contributed by atoms with Crippen LogP contribution in [0, 0.1) is 0 Å². The van der Waals surface area contributed by atoms with Crippen molar-refractivity contribution in [3.05, 3.63) is 119 Å². The SMILES string of the molecule is O=C(NCc1ccccc1)C1=CC(c2coc3ccccc23)CC(OCc2ccc(CO)cc2)O1. The summed E-state index contributed by atoms with van der Waals surface area (Å²) in [5.41, 5.74) is 4.61. The fraction of sp³-hybridized carbons (Fsp3) is 0.207. The van der Waals surface area contributed by atoms with Crippen LogP contribution in [0.25, 0.3) is 11.0 Å². The summed E-state index contributed by atoms with van der Waals surface area (Å²) in [5, 5.41) is 13.2. The van der Waals surface area contributed by atoms with E-state index in [2.05, 4.69) is 5.32 Å². The van der Waals surface area contributed by atoms with Gasteiger partial charge in [-0.15, -0.1) is 0 Å². The van der Waals surface area contributed by atoms with Crippen molar-refractivity contribution in [2.45, 2.75) is 38.4 Å². The molecule has 35 heavy (non-hydrogen) atoms. The number of ether oxygens (including phenoxy) is 2. The zero-order valence-corrected chi connectivity index (χ0v) is 19.2. The Morgan fingerprint density at radius 1 is 0.943 bits per heavy atom. The van der Waals surface area contributed by atoms with Gasteiger partial charge in [-0.3, -0.25) is 4.79 Å². The lowest BCUT2D eigenvalue weighted by Gasteiger charge is -2.29. The lowest BCUT2D eigenvalue weighted by molar-refractivity contribution is -0.150. The van der Waals surface area contributed by atoms with Crippen LogP contribution in [0.1, 0.15) is 34.6 Å². The number of aliphatic hydroxyl groups excluding tert-OH is 1. The number of hydrogen-bond acceptors (Lipinski definition) is 5. The number of para-hydroxylation sites is 1. The summed E-state index contributed by atoms with van der Waals surface area (Å²) in [6.07, 6.45) is 3.55. The molecule has 0 fully saturated rings. The number of furan rings is 1. The molecule has 1 amide bonds. The summed E-state index contributed by atoms with van der Waals surface area (Å²) in [5.74, 6) is -0.151. The van der Waals surface area contributed by atoms with Crippen molar-refractivity contribution in [3.63, 3.8) is 0 Å². The van der Waals surface area contributed by atoms with E-state index in [1.54, 1.807) is 6.26 Å². The molecular formula is C29H27NO5. The van der Waals surface area contributed by atoms with Crippen molar-refractivity contribution in [3.8, 4) is 0 Å². The molecule has 6 heteroatoms. The average molecular weight is 470 g/mol. The number of benzene rings is 3. The molecule has 1 aliphatic heterocycles. The molecule has 0 saturated heterocycles. The predicted octanol–water partition coefficient (Wildman–Crippen LogP) is 5.17. The van der Waals surface area contributed by atoms with Gasteiger partial charge in [-0.05, 0) is 28.8 Å². The largest absolute Gasteiger partial charge is 0.464 e. The Balaban J connectivity index is 1.34. The number of hydrogen-bond donors (Lipinski definition) is 2. The minimum absolute atomic E-state index is 0.000538. The van der Waals surface area contributed by atoms with Crippen molar-refractivity contribution in [2.75, 3.05) is 0 Å². The van der Waals surface area contributed by atoms with E-state index in [4.69, 9.17) is 13.9 Å². The van der Waals surface area contributed by atoms with Gasteiger partial charge in [0.2, 0.25) is 6.29 Å². The van der Waals surface area contributed by atoms with Crippen molar-refractivity contribution in [1.82, 2.24) is 5.32 Å².